The Hall–Kier alpha value is -1.46. The van der Waals surface area contributed by atoms with Crippen LogP contribution in [0.1, 0.15) is 22.5 Å². The summed E-state index contributed by atoms with van der Waals surface area (Å²) in [5.41, 5.74) is -0.812. The second kappa shape index (κ2) is 3.29. The van der Waals surface area contributed by atoms with Crippen LogP contribution in [0, 0.1) is 0 Å². The van der Waals surface area contributed by atoms with Gasteiger partial charge in [0.25, 0.3) is 5.91 Å². The summed E-state index contributed by atoms with van der Waals surface area (Å²) in [6.45, 7) is 1.26. The standard InChI is InChI=1S/C9H9F3N2O/c10-9(11,12)7-4-6(5-13-7)8(15)14-2-1-3-14/h4-5,13H,1-3H2. The first kappa shape index (κ1) is 10.1. The number of amides is 1. The van der Waals surface area contributed by atoms with Crippen molar-refractivity contribution >= 4 is 5.91 Å². The highest BCUT2D eigenvalue weighted by Crippen LogP contribution is 2.29. The average Bonchev–Trinajstić information content (AvgIpc) is 2.46. The smallest absolute Gasteiger partial charge is 0.357 e. The van der Waals surface area contributed by atoms with Crippen LogP contribution in [0.2, 0.25) is 0 Å². The minimum absolute atomic E-state index is 0.0713. The summed E-state index contributed by atoms with van der Waals surface area (Å²) >= 11 is 0. The number of carbonyl (C=O) groups is 1. The van der Waals surface area contributed by atoms with Crippen molar-refractivity contribution in [3.05, 3.63) is 23.5 Å². The number of carbonyl (C=O) groups excluding carboxylic acids is 1. The average molecular weight is 218 g/mol. The Morgan fingerprint density at radius 1 is 1.40 bits per heavy atom. The van der Waals surface area contributed by atoms with E-state index in [1.807, 2.05) is 0 Å². The van der Waals surface area contributed by atoms with Crippen molar-refractivity contribution in [1.82, 2.24) is 9.88 Å². The third kappa shape index (κ3) is 1.84. The highest BCUT2D eigenvalue weighted by molar-refractivity contribution is 5.94. The topological polar surface area (TPSA) is 36.1 Å². The van der Waals surface area contributed by atoms with Crippen LogP contribution in [0.3, 0.4) is 0 Å². The van der Waals surface area contributed by atoms with Gasteiger partial charge in [0.05, 0.1) is 5.56 Å². The molecule has 1 aromatic rings. The van der Waals surface area contributed by atoms with Crippen molar-refractivity contribution < 1.29 is 18.0 Å². The van der Waals surface area contributed by atoms with Gasteiger partial charge in [-0.3, -0.25) is 4.79 Å². The van der Waals surface area contributed by atoms with Gasteiger partial charge in [-0.2, -0.15) is 13.2 Å². The highest BCUT2D eigenvalue weighted by Gasteiger charge is 2.33. The molecule has 15 heavy (non-hydrogen) atoms. The van der Waals surface area contributed by atoms with E-state index in [1.165, 1.54) is 4.90 Å². The second-order valence-corrected chi connectivity index (χ2v) is 3.45. The number of aromatic nitrogens is 1. The molecule has 6 heteroatoms. The fourth-order valence-electron chi connectivity index (χ4n) is 1.38. The third-order valence-electron chi connectivity index (χ3n) is 2.38. The summed E-state index contributed by atoms with van der Waals surface area (Å²) in [5, 5.41) is 0. The number of alkyl halides is 3. The van der Waals surface area contributed by atoms with Crippen LogP contribution < -0.4 is 0 Å². The van der Waals surface area contributed by atoms with Gasteiger partial charge in [0.15, 0.2) is 0 Å². The molecule has 0 unspecified atom stereocenters. The summed E-state index contributed by atoms with van der Waals surface area (Å²) in [6.07, 6.45) is -2.40. The van der Waals surface area contributed by atoms with Crippen LogP contribution >= 0.6 is 0 Å². The molecule has 0 atom stereocenters. The van der Waals surface area contributed by atoms with Gasteiger partial charge in [0.1, 0.15) is 5.69 Å². The second-order valence-electron chi connectivity index (χ2n) is 3.45. The molecule has 2 heterocycles. The number of H-pyrrole nitrogens is 1. The molecule has 1 fully saturated rings. The molecule has 0 radical (unpaired) electrons. The van der Waals surface area contributed by atoms with E-state index >= 15 is 0 Å². The van der Waals surface area contributed by atoms with Crippen molar-refractivity contribution in [2.45, 2.75) is 12.6 Å². The van der Waals surface area contributed by atoms with E-state index in [1.54, 1.807) is 0 Å². The Morgan fingerprint density at radius 3 is 2.47 bits per heavy atom. The van der Waals surface area contributed by atoms with Crippen molar-refractivity contribution in [3.8, 4) is 0 Å². The van der Waals surface area contributed by atoms with Gasteiger partial charge in [-0.25, -0.2) is 0 Å². The van der Waals surface area contributed by atoms with Gasteiger partial charge in [0.2, 0.25) is 0 Å². The number of halogens is 3. The quantitative estimate of drug-likeness (QED) is 0.767. The zero-order chi connectivity index (χ0) is 11.1. The molecule has 1 N–H and O–H groups in total. The van der Waals surface area contributed by atoms with Crippen LogP contribution in [-0.2, 0) is 6.18 Å². The molecule has 0 aliphatic carbocycles. The van der Waals surface area contributed by atoms with Gasteiger partial charge in [0, 0.05) is 19.3 Å². The third-order valence-corrected chi connectivity index (χ3v) is 2.38. The van der Waals surface area contributed by atoms with Crippen LogP contribution in [-0.4, -0.2) is 28.9 Å². The summed E-state index contributed by atoms with van der Waals surface area (Å²) in [6, 6.07) is 0.848. The normalized spacial score (nSPS) is 16.3. The van der Waals surface area contributed by atoms with Gasteiger partial charge >= 0.3 is 6.18 Å². The summed E-state index contributed by atoms with van der Waals surface area (Å²) in [7, 11) is 0. The van der Waals surface area contributed by atoms with Crippen LogP contribution in [0.4, 0.5) is 13.2 Å². The molecule has 0 aromatic carbocycles. The Labute approximate surface area is 83.9 Å². The van der Waals surface area contributed by atoms with Crippen LogP contribution in [0.25, 0.3) is 0 Å². The van der Waals surface area contributed by atoms with Crippen molar-refractivity contribution in [2.75, 3.05) is 13.1 Å². The molecule has 1 aliphatic rings. The molecule has 0 spiro atoms. The lowest BCUT2D eigenvalue weighted by atomic mass is 10.2. The molecule has 82 valence electrons. The lowest BCUT2D eigenvalue weighted by Gasteiger charge is -2.30. The molecule has 1 amide bonds. The Balaban J connectivity index is 2.16. The molecule has 0 saturated carbocycles. The first-order chi connectivity index (χ1) is 6.98. The van der Waals surface area contributed by atoms with Gasteiger partial charge in [-0.1, -0.05) is 0 Å². The molecular weight excluding hydrogens is 209 g/mol. The monoisotopic (exact) mass is 218 g/mol. The Bertz CT molecular complexity index is 379. The molecular formula is C9H9F3N2O. The molecule has 1 aliphatic heterocycles. The van der Waals surface area contributed by atoms with E-state index in [9.17, 15) is 18.0 Å². The van der Waals surface area contributed by atoms with Crippen molar-refractivity contribution in [1.29, 1.82) is 0 Å². The predicted octanol–water partition coefficient (Wildman–Crippen LogP) is 1.88. The highest BCUT2D eigenvalue weighted by atomic mass is 19.4. The number of nitrogens with one attached hydrogen (secondary N) is 1. The largest absolute Gasteiger partial charge is 0.431 e. The van der Waals surface area contributed by atoms with Crippen LogP contribution in [0.5, 0.6) is 0 Å². The summed E-state index contributed by atoms with van der Waals surface area (Å²) in [5.74, 6) is -0.340. The van der Waals surface area contributed by atoms with Crippen molar-refractivity contribution in [2.24, 2.45) is 0 Å². The SMILES string of the molecule is O=C(c1c[nH]c(C(F)(F)F)c1)N1CCC1. The molecule has 1 aromatic heterocycles. The zero-order valence-corrected chi connectivity index (χ0v) is 7.77. The first-order valence-electron chi connectivity index (χ1n) is 4.53. The lowest BCUT2D eigenvalue weighted by Crippen LogP contribution is -2.41. The first-order valence-corrected chi connectivity index (χ1v) is 4.53. The van der Waals surface area contributed by atoms with Gasteiger partial charge in [-0.05, 0) is 12.5 Å². The van der Waals surface area contributed by atoms with E-state index in [-0.39, 0.29) is 11.5 Å². The maximum Gasteiger partial charge on any atom is 0.431 e. The summed E-state index contributed by atoms with van der Waals surface area (Å²) in [4.78, 5) is 15.1. The van der Waals surface area contributed by atoms with E-state index in [0.29, 0.717) is 13.1 Å². The minimum Gasteiger partial charge on any atom is -0.357 e. The molecule has 3 nitrogen and oxygen atoms in total. The number of aromatic amines is 1. The Morgan fingerprint density at radius 2 is 2.07 bits per heavy atom. The number of rotatable bonds is 1. The lowest BCUT2D eigenvalue weighted by molar-refractivity contribution is -0.140. The number of hydrogen-bond donors (Lipinski definition) is 1. The predicted molar refractivity (Wildman–Crippen MR) is 46.3 cm³/mol. The van der Waals surface area contributed by atoms with E-state index < -0.39 is 11.9 Å². The van der Waals surface area contributed by atoms with E-state index in [2.05, 4.69) is 4.98 Å². The number of likely N-dealkylation sites (tertiary alicyclic amines) is 1. The molecule has 1 saturated heterocycles. The molecule has 2 rings (SSSR count). The maximum absolute atomic E-state index is 12.2. The van der Waals surface area contributed by atoms with Crippen LogP contribution in [0.15, 0.2) is 12.3 Å². The number of hydrogen-bond acceptors (Lipinski definition) is 1. The number of nitrogens with zero attached hydrogens (tertiary/aromatic N) is 1. The summed E-state index contributed by atoms with van der Waals surface area (Å²) < 4.78 is 36.6. The maximum atomic E-state index is 12.2. The molecule has 0 bridgehead atoms. The fraction of sp³-hybridized carbons (Fsp3) is 0.444. The van der Waals surface area contributed by atoms with Gasteiger partial charge in [-0.15, -0.1) is 0 Å². The van der Waals surface area contributed by atoms with E-state index in [0.717, 1.165) is 18.7 Å². The minimum atomic E-state index is -4.42. The van der Waals surface area contributed by atoms with Gasteiger partial charge < -0.3 is 9.88 Å². The fourth-order valence-corrected chi connectivity index (χ4v) is 1.38. The zero-order valence-electron chi connectivity index (χ0n) is 7.77. The Kier molecular flexibility index (Phi) is 2.21. The van der Waals surface area contributed by atoms with E-state index in [4.69, 9.17) is 0 Å². The van der Waals surface area contributed by atoms with Crippen molar-refractivity contribution in [3.63, 3.8) is 0 Å².